The zero-order chi connectivity index (χ0) is 30.6. The van der Waals surface area contributed by atoms with Gasteiger partial charge in [0.2, 0.25) is 8.32 Å². The van der Waals surface area contributed by atoms with Gasteiger partial charge in [-0.15, -0.1) is 0 Å². The molecule has 1 aromatic carbocycles. The third-order valence-corrected chi connectivity index (χ3v) is 15.6. The molecule has 0 saturated heterocycles. The molecule has 2 amide bonds. The summed E-state index contributed by atoms with van der Waals surface area (Å²) in [6.45, 7) is 26.2. The highest BCUT2D eigenvalue weighted by Gasteiger charge is 2.65. The molecule has 0 unspecified atom stereocenters. The zero-order valence-electron chi connectivity index (χ0n) is 27.4. The molecule has 226 valence electrons. The van der Waals surface area contributed by atoms with Crippen LogP contribution in [0.15, 0.2) is 18.2 Å². The molecule has 2 heterocycles. The van der Waals surface area contributed by atoms with E-state index in [9.17, 15) is 9.59 Å². The fourth-order valence-electron chi connectivity index (χ4n) is 7.61. The Balaban J connectivity index is 1.71. The van der Waals surface area contributed by atoms with Crippen LogP contribution in [0, 0.1) is 22.7 Å². The van der Waals surface area contributed by atoms with Gasteiger partial charge >= 0.3 is 6.09 Å². The van der Waals surface area contributed by atoms with Crippen molar-refractivity contribution in [1.82, 2.24) is 4.90 Å². The van der Waals surface area contributed by atoms with Crippen LogP contribution in [-0.2, 0) is 17.7 Å². The van der Waals surface area contributed by atoms with Crippen LogP contribution in [-0.4, -0.2) is 36.4 Å². The predicted molar refractivity (Wildman–Crippen MR) is 165 cm³/mol. The van der Waals surface area contributed by atoms with E-state index < -0.39 is 25.6 Å². The summed E-state index contributed by atoms with van der Waals surface area (Å²) in [5.74, 6) is 1.97. The van der Waals surface area contributed by atoms with Crippen LogP contribution >= 0.6 is 0 Å². The fourth-order valence-corrected chi connectivity index (χ4v) is 8.65. The summed E-state index contributed by atoms with van der Waals surface area (Å²) in [5.41, 5.74) is 1.12. The minimum atomic E-state index is -2.26. The van der Waals surface area contributed by atoms with Crippen molar-refractivity contribution in [3.63, 3.8) is 0 Å². The number of fused-ring (bicyclic) bond motifs is 3. The van der Waals surface area contributed by atoms with Crippen LogP contribution in [0.25, 0.3) is 0 Å². The molecule has 1 aromatic rings. The molecule has 0 N–H and O–H groups in total. The lowest BCUT2D eigenvalue weighted by atomic mass is 9.45. The van der Waals surface area contributed by atoms with Gasteiger partial charge in [0.05, 0.1) is 12.1 Å². The van der Waals surface area contributed by atoms with Crippen LogP contribution in [0.1, 0.15) is 110 Å². The molecule has 1 saturated carbocycles. The van der Waals surface area contributed by atoms with Crippen molar-refractivity contribution in [2.45, 2.75) is 131 Å². The molecule has 0 radical (unpaired) electrons. The maximum atomic E-state index is 13.8. The van der Waals surface area contributed by atoms with Crippen molar-refractivity contribution < 1.29 is 23.5 Å². The second kappa shape index (κ2) is 9.11. The Morgan fingerprint density at radius 2 is 1.73 bits per heavy atom. The van der Waals surface area contributed by atoms with E-state index in [4.69, 9.17) is 13.9 Å². The smallest absolute Gasteiger partial charge is 0.417 e. The van der Waals surface area contributed by atoms with Crippen molar-refractivity contribution in [3.05, 3.63) is 34.9 Å². The number of carbonyl (C=O) groups excluding carboxylic acids is 2. The maximum absolute atomic E-state index is 13.8. The molecule has 7 heteroatoms. The van der Waals surface area contributed by atoms with Crippen LogP contribution in [0.4, 0.5) is 4.79 Å². The number of ether oxygens (including phenoxy) is 2. The Morgan fingerprint density at radius 1 is 1.07 bits per heavy atom. The molecule has 4 aliphatic rings. The zero-order valence-corrected chi connectivity index (χ0v) is 28.4. The first-order valence-electron chi connectivity index (χ1n) is 15.4. The van der Waals surface area contributed by atoms with Gasteiger partial charge in [-0.25, -0.2) is 9.69 Å². The Labute approximate surface area is 248 Å². The monoisotopic (exact) mass is 581 g/mol. The Bertz CT molecular complexity index is 1320. The minimum Gasteiger partial charge on any atom is -0.543 e. The second-order valence-corrected chi connectivity index (χ2v) is 21.2. The number of hydrogen-bond donors (Lipinski definition) is 0. The van der Waals surface area contributed by atoms with Gasteiger partial charge in [-0.05, 0) is 75.6 Å². The van der Waals surface area contributed by atoms with E-state index in [0.717, 1.165) is 48.3 Å². The van der Waals surface area contributed by atoms with Gasteiger partial charge in [-0.1, -0.05) is 60.6 Å². The number of nitrogens with zero attached hydrogens (tertiary/aromatic N) is 1. The van der Waals surface area contributed by atoms with Crippen molar-refractivity contribution in [1.29, 1.82) is 0 Å². The topological polar surface area (TPSA) is 65.1 Å². The first kappa shape index (κ1) is 30.2. The van der Waals surface area contributed by atoms with E-state index in [-0.39, 0.29) is 28.3 Å². The lowest BCUT2D eigenvalue weighted by Crippen LogP contribution is -2.67. The summed E-state index contributed by atoms with van der Waals surface area (Å²) in [6.07, 6.45) is 7.99. The molecule has 2 aliphatic heterocycles. The van der Waals surface area contributed by atoms with E-state index >= 15 is 0 Å². The molecular formula is C34H51NO5Si. The van der Waals surface area contributed by atoms with E-state index in [1.807, 2.05) is 26.8 Å². The molecular weight excluding hydrogens is 530 g/mol. The van der Waals surface area contributed by atoms with Crippen LogP contribution in [0.5, 0.6) is 11.5 Å². The maximum Gasteiger partial charge on any atom is 0.417 e. The summed E-state index contributed by atoms with van der Waals surface area (Å²) in [7, 11) is -2.26. The second-order valence-electron chi connectivity index (χ2n) is 16.5. The lowest BCUT2D eigenvalue weighted by Gasteiger charge is -2.65. The van der Waals surface area contributed by atoms with Gasteiger partial charge in [0.25, 0.3) is 5.91 Å². The Hall–Kier alpha value is -2.28. The molecule has 1 spiro atoms. The lowest BCUT2D eigenvalue weighted by molar-refractivity contribution is -0.186. The number of imide groups is 1. The van der Waals surface area contributed by atoms with Crippen molar-refractivity contribution in [2.75, 3.05) is 0 Å². The highest BCUT2D eigenvalue weighted by atomic mass is 28.4. The predicted octanol–water partition coefficient (Wildman–Crippen LogP) is 8.67. The van der Waals surface area contributed by atoms with Gasteiger partial charge in [0.15, 0.2) is 0 Å². The number of benzene rings is 1. The number of rotatable bonds is 2. The quantitative estimate of drug-likeness (QED) is 0.258. The molecule has 2 aliphatic carbocycles. The SMILES string of the molecule is C[C@H]1CC[C@H]2C(C)(C)C=CC[C@]23Oc2c(c(O[Si](C)(C)C(C)(C)C)cc4c2CN(C(=O)OC(C)(C)C)C4=O)C[C@]13C. The van der Waals surface area contributed by atoms with Crippen LogP contribution < -0.4 is 9.16 Å². The molecule has 1 fully saturated rings. The van der Waals surface area contributed by atoms with Crippen LogP contribution in [0.2, 0.25) is 18.1 Å². The molecule has 6 nitrogen and oxygen atoms in total. The molecule has 5 rings (SSSR count). The molecule has 0 bridgehead atoms. The van der Waals surface area contributed by atoms with Crippen LogP contribution in [0.3, 0.4) is 0 Å². The van der Waals surface area contributed by atoms with Crippen molar-refractivity contribution in [2.24, 2.45) is 22.7 Å². The minimum absolute atomic E-state index is 0.00601. The highest BCUT2D eigenvalue weighted by Crippen LogP contribution is 2.66. The van der Waals surface area contributed by atoms with E-state index in [1.165, 1.54) is 4.90 Å². The van der Waals surface area contributed by atoms with Gasteiger partial charge in [0.1, 0.15) is 22.7 Å². The molecule has 4 atom stereocenters. The van der Waals surface area contributed by atoms with Crippen molar-refractivity contribution >= 4 is 20.3 Å². The number of hydrogen-bond acceptors (Lipinski definition) is 5. The average Bonchev–Trinajstić information content (AvgIpc) is 3.13. The third-order valence-electron chi connectivity index (χ3n) is 11.2. The Kier molecular flexibility index (Phi) is 6.71. The number of allylic oxidation sites excluding steroid dienone is 1. The number of carbonyl (C=O) groups is 2. The van der Waals surface area contributed by atoms with E-state index in [0.29, 0.717) is 17.4 Å². The van der Waals surface area contributed by atoms with Crippen molar-refractivity contribution in [3.8, 4) is 11.5 Å². The van der Waals surface area contributed by atoms with E-state index in [2.05, 4.69) is 73.7 Å². The van der Waals surface area contributed by atoms with Gasteiger partial charge in [0, 0.05) is 28.9 Å². The van der Waals surface area contributed by atoms with Gasteiger partial charge < -0.3 is 13.9 Å². The fraction of sp³-hybridized carbons (Fsp3) is 0.706. The average molecular weight is 582 g/mol. The molecule has 0 aromatic heterocycles. The van der Waals surface area contributed by atoms with E-state index in [1.54, 1.807) is 0 Å². The summed E-state index contributed by atoms with van der Waals surface area (Å²) in [5, 5.41) is -0.0203. The normalized spacial score (nSPS) is 30.5. The standard InChI is InChI=1S/C34H51NO5Si/c1-21-14-15-26-32(8,9)16-13-17-34(26)33(21,10)19-23-25(40-41(11,12)31(5,6)7)18-22-24(27(23)38-34)20-35(28(22)36)29(37)39-30(2,3)4/h13,16,18,21,26H,14-15,17,19-20H2,1-12H3/t21-,26-,33+,34-/m0/s1. The first-order chi connectivity index (χ1) is 18.6. The third kappa shape index (κ3) is 4.56. The van der Waals surface area contributed by atoms with Gasteiger partial charge in [-0.2, -0.15) is 0 Å². The summed E-state index contributed by atoms with van der Waals surface area (Å²) in [6, 6.07) is 1.90. The first-order valence-corrected chi connectivity index (χ1v) is 18.3. The summed E-state index contributed by atoms with van der Waals surface area (Å²) >= 11 is 0. The summed E-state index contributed by atoms with van der Waals surface area (Å²) < 4.78 is 20.1. The number of amides is 2. The highest BCUT2D eigenvalue weighted by molar-refractivity contribution is 6.74. The largest absolute Gasteiger partial charge is 0.543 e. The van der Waals surface area contributed by atoms with Gasteiger partial charge in [-0.3, -0.25) is 4.79 Å². The Morgan fingerprint density at radius 3 is 2.34 bits per heavy atom. The molecule has 41 heavy (non-hydrogen) atoms. The summed E-state index contributed by atoms with van der Waals surface area (Å²) in [4.78, 5) is 28.2.